The normalized spacial score (nSPS) is 12.8. The summed E-state index contributed by atoms with van der Waals surface area (Å²) in [6.07, 6.45) is 3.53. The van der Waals surface area contributed by atoms with E-state index in [1.165, 1.54) is 12.8 Å². The van der Waals surface area contributed by atoms with Crippen molar-refractivity contribution in [3.8, 4) is 17.6 Å². The Bertz CT molecular complexity index is 1100. The predicted molar refractivity (Wildman–Crippen MR) is 201 cm³/mol. The number of hydrogen-bond acceptors (Lipinski definition) is 10. The monoisotopic (exact) mass is 726 g/mol. The topological polar surface area (TPSA) is 114 Å². The van der Waals surface area contributed by atoms with E-state index in [2.05, 4.69) is 57.1 Å². The lowest BCUT2D eigenvalue weighted by atomic mass is 10.1. The van der Waals surface area contributed by atoms with Crippen molar-refractivity contribution in [1.29, 1.82) is 0 Å². The van der Waals surface area contributed by atoms with Crippen molar-refractivity contribution in [2.75, 3.05) is 79.2 Å². The van der Waals surface area contributed by atoms with Gasteiger partial charge in [0.25, 0.3) is 5.91 Å². The van der Waals surface area contributed by atoms with Crippen LogP contribution in [-0.4, -0.2) is 101 Å². The van der Waals surface area contributed by atoms with Crippen LogP contribution < -0.4 is 15.4 Å². The van der Waals surface area contributed by atoms with E-state index in [-0.39, 0.29) is 48.9 Å². The molecule has 10 nitrogen and oxygen atoms in total. The molecule has 1 rings (SSSR count). The Labute approximate surface area is 303 Å². The Morgan fingerprint density at radius 1 is 0.816 bits per heavy atom. The number of amides is 2. The van der Waals surface area contributed by atoms with Gasteiger partial charge in [-0.1, -0.05) is 101 Å². The van der Waals surface area contributed by atoms with Gasteiger partial charge in [-0.2, -0.15) is 0 Å². The van der Waals surface area contributed by atoms with E-state index in [4.69, 9.17) is 28.4 Å². The molecule has 0 radical (unpaired) electrons. The van der Waals surface area contributed by atoms with Crippen molar-refractivity contribution in [2.45, 2.75) is 84.3 Å². The average molecular weight is 727 g/mol. The molecule has 280 valence electrons. The molecule has 0 saturated carbocycles. The molecule has 0 aromatic heterocycles. The maximum atomic E-state index is 12.8. The second-order valence-corrected chi connectivity index (χ2v) is 16.8. The van der Waals surface area contributed by atoms with Gasteiger partial charge >= 0.3 is 0 Å². The summed E-state index contributed by atoms with van der Waals surface area (Å²) in [4.78, 5) is 24.0. The molecule has 0 bridgehead atoms. The van der Waals surface area contributed by atoms with Crippen LogP contribution in [0.25, 0.3) is 0 Å². The third kappa shape index (κ3) is 26.5. The number of carbonyl (C=O) groups is 2. The highest BCUT2D eigenvalue weighted by Gasteiger charge is 2.30. The molecule has 0 aliphatic carbocycles. The van der Waals surface area contributed by atoms with Crippen LogP contribution in [0.2, 0.25) is 0 Å². The Kier molecular flexibility index (Phi) is 24.6. The summed E-state index contributed by atoms with van der Waals surface area (Å²) >= 11 is 0. The minimum absolute atomic E-state index is 0.00156. The number of ether oxygens (including phenoxy) is 6. The number of nitrogens with one attached hydrogen (secondary N) is 2. The molecular formula is C37H62N2O8S2. The molecule has 2 N–H and O–H groups in total. The van der Waals surface area contributed by atoms with Crippen LogP contribution in [0.5, 0.6) is 5.75 Å². The molecule has 1 atom stereocenters. The first-order valence-corrected chi connectivity index (χ1v) is 19.5. The Hall–Kier alpha value is -1.98. The molecule has 0 aliphatic rings. The van der Waals surface area contributed by atoms with E-state index in [1.807, 2.05) is 26.8 Å². The van der Waals surface area contributed by atoms with Crippen molar-refractivity contribution in [1.82, 2.24) is 10.6 Å². The highest BCUT2D eigenvalue weighted by molar-refractivity contribution is 8.77. The fourth-order valence-corrected chi connectivity index (χ4v) is 6.04. The largest absolute Gasteiger partial charge is 0.490 e. The predicted octanol–water partition coefficient (Wildman–Crippen LogP) is 6.38. The van der Waals surface area contributed by atoms with Gasteiger partial charge in [-0.15, -0.1) is 0 Å². The van der Waals surface area contributed by atoms with Gasteiger partial charge in [0.1, 0.15) is 19.0 Å². The Balaban J connectivity index is 2.38. The van der Waals surface area contributed by atoms with Gasteiger partial charge in [-0.25, -0.2) is 0 Å². The number of unbranched alkanes of at least 4 members (excludes halogenated alkanes) is 1. The van der Waals surface area contributed by atoms with Crippen LogP contribution in [0.3, 0.4) is 0 Å². The molecule has 2 amide bonds. The van der Waals surface area contributed by atoms with Crippen molar-refractivity contribution in [3.05, 3.63) is 29.8 Å². The summed E-state index contributed by atoms with van der Waals surface area (Å²) < 4.78 is 34.5. The van der Waals surface area contributed by atoms with E-state index in [0.717, 1.165) is 18.9 Å². The first-order valence-electron chi connectivity index (χ1n) is 17.4. The van der Waals surface area contributed by atoms with Crippen molar-refractivity contribution >= 4 is 33.4 Å². The standard InChI is InChI=1S/C37H62N2O8S2/c1-30(2)13-9-10-19-42-21-23-44-24-22-43-20-18-39-35(41)32-15-11-16-33(27-32)46-29-37(8,49-48-36(5,6)7)47-26-25-45-28-34(40)38-17-12-14-31(3)4/h11,15-16,27,30-31H,9-10,13,17-26,28-29H2,1-8H3,(H,38,40)(H,39,41)/t37-/m0/s1. The number of benzene rings is 1. The van der Waals surface area contributed by atoms with E-state index in [0.29, 0.717) is 57.4 Å². The summed E-state index contributed by atoms with van der Waals surface area (Å²) in [5.41, 5.74) is 0.492. The maximum absolute atomic E-state index is 12.8. The molecule has 49 heavy (non-hydrogen) atoms. The van der Waals surface area contributed by atoms with Gasteiger partial charge in [0.05, 0.1) is 52.8 Å². The molecule has 0 saturated heterocycles. The summed E-state index contributed by atoms with van der Waals surface area (Å²) in [5, 5.41) is 5.60. The van der Waals surface area contributed by atoms with E-state index in [1.54, 1.807) is 39.8 Å². The highest BCUT2D eigenvalue weighted by Crippen LogP contribution is 2.44. The van der Waals surface area contributed by atoms with Gasteiger partial charge < -0.3 is 39.1 Å². The van der Waals surface area contributed by atoms with Crippen LogP contribution in [0.4, 0.5) is 0 Å². The first kappa shape index (κ1) is 45.0. The first-order chi connectivity index (χ1) is 23.3. The average Bonchev–Trinajstić information content (AvgIpc) is 3.04. The van der Waals surface area contributed by atoms with E-state index in [9.17, 15) is 9.59 Å². The molecule has 0 unspecified atom stereocenters. The van der Waals surface area contributed by atoms with Gasteiger partial charge in [-0.3, -0.25) is 9.59 Å². The minimum Gasteiger partial charge on any atom is -0.490 e. The number of hydrogen-bond donors (Lipinski definition) is 2. The van der Waals surface area contributed by atoms with Crippen LogP contribution in [0, 0.1) is 23.7 Å². The SMILES string of the molecule is CC(C)C#CCNC(=O)COCCO[C@](C)(COc1cccc(C(=O)NCCOCCOCCOCCCCC(C)C)c1)SSC(C)(C)C. The second kappa shape index (κ2) is 26.8. The minimum atomic E-state index is -0.713. The second-order valence-electron chi connectivity index (χ2n) is 13.4. The lowest BCUT2D eigenvalue weighted by Gasteiger charge is -2.31. The third-order valence-corrected chi connectivity index (χ3v) is 10.3. The number of rotatable bonds is 27. The highest BCUT2D eigenvalue weighted by atomic mass is 33.1. The summed E-state index contributed by atoms with van der Waals surface area (Å²) in [5.74, 6) is 7.05. The molecule has 0 spiro atoms. The fourth-order valence-electron chi connectivity index (χ4n) is 3.81. The van der Waals surface area contributed by atoms with Crippen LogP contribution in [0.15, 0.2) is 24.3 Å². The summed E-state index contributed by atoms with van der Waals surface area (Å²) in [6.45, 7) is 21.5. The van der Waals surface area contributed by atoms with Crippen LogP contribution >= 0.6 is 21.6 Å². The van der Waals surface area contributed by atoms with Gasteiger partial charge in [0.15, 0.2) is 4.93 Å². The van der Waals surface area contributed by atoms with Crippen molar-refractivity contribution < 1.29 is 38.0 Å². The summed E-state index contributed by atoms with van der Waals surface area (Å²) in [6, 6.07) is 7.06. The maximum Gasteiger partial charge on any atom is 0.251 e. The molecule has 0 fully saturated rings. The van der Waals surface area contributed by atoms with Gasteiger partial charge in [0.2, 0.25) is 5.91 Å². The molecular weight excluding hydrogens is 665 g/mol. The zero-order valence-corrected chi connectivity index (χ0v) is 32.8. The zero-order valence-electron chi connectivity index (χ0n) is 31.2. The lowest BCUT2D eigenvalue weighted by Crippen LogP contribution is -2.34. The van der Waals surface area contributed by atoms with E-state index < -0.39 is 4.93 Å². The van der Waals surface area contributed by atoms with Gasteiger partial charge in [-0.05, 0) is 37.5 Å². The fraction of sp³-hybridized carbons (Fsp3) is 0.730. The third-order valence-electron chi connectivity index (χ3n) is 6.29. The molecule has 1 aromatic rings. The van der Waals surface area contributed by atoms with Crippen molar-refractivity contribution in [2.24, 2.45) is 11.8 Å². The lowest BCUT2D eigenvalue weighted by molar-refractivity contribution is -0.126. The Morgan fingerprint density at radius 3 is 2.16 bits per heavy atom. The molecule has 1 aromatic carbocycles. The Morgan fingerprint density at radius 2 is 1.49 bits per heavy atom. The van der Waals surface area contributed by atoms with Crippen LogP contribution in [0.1, 0.15) is 85.0 Å². The quantitative estimate of drug-likeness (QED) is 0.0459. The molecule has 0 heterocycles. The number of carbonyl (C=O) groups excluding carboxylic acids is 2. The molecule has 0 aliphatic heterocycles. The van der Waals surface area contributed by atoms with E-state index >= 15 is 0 Å². The molecule has 12 heteroatoms. The van der Waals surface area contributed by atoms with Crippen LogP contribution in [-0.2, 0) is 28.5 Å². The van der Waals surface area contributed by atoms with Gasteiger partial charge in [0, 0.05) is 29.4 Å². The summed E-state index contributed by atoms with van der Waals surface area (Å²) in [7, 11) is 3.27. The zero-order chi connectivity index (χ0) is 36.4. The van der Waals surface area contributed by atoms with Crippen molar-refractivity contribution in [3.63, 3.8) is 0 Å². The smallest absolute Gasteiger partial charge is 0.251 e.